The van der Waals surface area contributed by atoms with Crippen molar-refractivity contribution in [1.29, 1.82) is 0 Å². The summed E-state index contributed by atoms with van der Waals surface area (Å²) in [7, 11) is 0.753. The number of benzene rings is 2. The summed E-state index contributed by atoms with van der Waals surface area (Å²) in [6, 6.07) is 17.5. The number of nitrogens with zero attached hydrogens (tertiary/aromatic N) is 2. The Morgan fingerprint density at radius 2 is 1.62 bits per heavy atom. The van der Waals surface area contributed by atoms with E-state index in [0.717, 1.165) is 50.5 Å². The van der Waals surface area contributed by atoms with Crippen molar-refractivity contribution >= 4 is 15.8 Å². The minimum Gasteiger partial charge on any atom is -0.356 e. The molecule has 0 atom stereocenters. The van der Waals surface area contributed by atoms with Crippen LogP contribution in [0, 0.1) is 0 Å². The maximum atomic E-state index is 11.5. The molecule has 7 heteroatoms. The lowest BCUT2D eigenvalue weighted by atomic mass is 10.1. The van der Waals surface area contributed by atoms with Crippen LogP contribution in [-0.2, 0) is 22.8 Å². The quantitative estimate of drug-likeness (QED) is 0.353. The molecule has 0 radical (unpaired) electrons. The predicted molar refractivity (Wildman–Crippen MR) is 120 cm³/mol. The third-order valence-electron chi connectivity index (χ3n) is 4.59. The van der Waals surface area contributed by atoms with Gasteiger partial charge in [0.15, 0.2) is 15.8 Å². The molecule has 0 unspecified atom stereocenters. The summed E-state index contributed by atoms with van der Waals surface area (Å²) in [5.74, 6) is 0.781. The largest absolute Gasteiger partial charge is 0.356 e. The van der Waals surface area contributed by atoms with Crippen molar-refractivity contribution in [1.82, 2.24) is 15.5 Å². The fourth-order valence-electron chi connectivity index (χ4n) is 2.98. The average Bonchev–Trinajstić information content (AvgIpc) is 2.70. The van der Waals surface area contributed by atoms with E-state index < -0.39 is 9.84 Å². The van der Waals surface area contributed by atoms with E-state index in [-0.39, 0.29) is 0 Å². The van der Waals surface area contributed by atoms with Gasteiger partial charge in [0.1, 0.15) is 0 Å². The van der Waals surface area contributed by atoms with Gasteiger partial charge in [-0.2, -0.15) is 0 Å². The minimum absolute atomic E-state index is 0.351. The number of nitrogens with one attached hydrogen (secondary N) is 2. The summed E-state index contributed by atoms with van der Waals surface area (Å²) in [5.41, 5.74) is 2.41. The molecule has 2 aromatic carbocycles. The first-order valence-electron chi connectivity index (χ1n) is 9.84. The van der Waals surface area contributed by atoms with Gasteiger partial charge in [-0.05, 0) is 49.7 Å². The molecule has 0 aromatic heterocycles. The third kappa shape index (κ3) is 8.66. The van der Waals surface area contributed by atoms with Gasteiger partial charge in [0.05, 0.1) is 4.90 Å². The van der Waals surface area contributed by atoms with E-state index in [1.165, 1.54) is 11.8 Å². The van der Waals surface area contributed by atoms with E-state index in [2.05, 4.69) is 51.8 Å². The van der Waals surface area contributed by atoms with Crippen LogP contribution in [0.2, 0.25) is 0 Å². The van der Waals surface area contributed by atoms with Crippen molar-refractivity contribution in [2.24, 2.45) is 4.99 Å². The first-order chi connectivity index (χ1) is 13.9. The summed E-state index contributed by atoms with van der Waals surface area (Å²) >= 11 is 0. The first kappa shape index (κ1) is 22.9. The maximum Gasteiger partial charge on any atom is 0.190 e. The summed E-state index contributed by atoms with van der Waals surface area (Å²) in [4.78, 5) is 6.92. The number of rotatable bonds is 10. The Balaban J connectivity index is 1.64. The van der Waals surface area contributed by atoms with Gasteiger partial charge in [0.2, 0.25) is 0 Å². The molecule has 2 rings (SSSR count). The van der Waals surface area contributed by atoms with Gasteiger partial charge in [-0.25, -0.2) is 8.42 Å². The Kier molecular flexibility index (Phi) is 9.15. The molecule has 2 N–H and O–H groups in total. The number of hydrogen-bond donors (Lipinski definition) is 2. The van der Waals surface area contributed by atoms with Crippen molar-refractivity contribution in [2.75, 3.05) is 40.0 Å². The van der Waals surface area contributed by atoms with Gasteiger partial charge in [-0.15, -0.1) is 0 Å². The van der Waals surface area contributed by atoms with Crippen LogP contribution in [0.5, 0.6) is 0 Å². The van der Waals surface area contributed by atoms with Gasteiger partial charge < -0.3 is 15.5 Å². The highest BCUT2D eigenvalue weighted by molar-refractivity contribution is 7.90. The molecular weight excluding hydrogens is 384 g/mol. The lowest BCUT2D eigenvalue weighted by molar-refractivity contribution is 0.322. The summed E-state index contributed by atoms with van der Waals surface area (Å²) in [6.07, 6.45) is 3.04. The summed E-state index contributed by atoms with van der Waals surface area (Å²) in [6.45, 7) is 3.53. The van der Waals surface area contributed by atoms with Crippen molar-refractivity contribution in [3.63, 3.8) is 0 Å². The van der Waals surface area contributed by atoms with Gasteiger partial charge in [0, 0.05) is 32.9 Å². The third-order valence-corrected chi connectivity index (χ3v) is 5.71. The second-order valence-corrected chi connectivity index (χ2v) is 9.18. The zero-order chi connectivity index (χ0) is 21.1. The van der Waals surface area contributed by atoms with Crippen LogP contribution < -0.4 is 10.6 Å². The van der Waals surface area contributed by atoms with Crippen LogP contribution in [0.25, 0.3) is 0 Å². The lowest BCUT2D eigenvalue weighted by Gasteiger charge is -2.17. The number of guanidine groups is 1. The molecule has 0 aliphatic rings. The van der Waals surface area contributed by atoms with Crippen molar-refractivity contribution < 1.29 is 8.42 Å². The number of sulfone groups is 1. The second kappa shape index (κ2) is 11.6. The molecule has 0 aliphatic carbocycles. The Morgan fingerprint density at radius 3 is 2.24 bits per heavy atom. The smallest absolute Gasteiger partial charge is 0.190 e. The van der Waals surface area contributed by atoms with Gasteiger partial charge in [-0.1, -0.05) is 42.5 Å². The second-order valence-electron chi connectivity index (χ2n) is 7.17. The Labute approximate surface area is 175 Å². The zero-order valence-corrected chi connectivity index (χ0v) is 18.4. The fourth-order valence-corrected chi connectivity index (χ4v) is 3.61. The Hall–Kier alpha value is -2.38. The van der Waals surface area contributed by atoms with Crippen molar-refractivity contribution in [2.45, 2.75) is 24.3 Å². The van der Waals surface area contributed by atoms with E-state index >= 15 is 0 Å². The van der Waals surface area contributed by atoms with Gasteiger partial charge in [0.25, 0.3) is 0 Å². The molecule has 0 saturated heterocycles. The predicted octanol–water partition coefficient (Wildman–Crippen LogP) is 2.32. The maximum absolute atomic E-state index is 11.5. The van der Waals surface area contributed by atoms with Crippen LogP contribution >= 0.6 is 0 Å². The van der Waals surface area contributed by atoms with Crippen LogP contribution in [0.1, 0.15) is 17.5 Å². The highest BCUT2D eigenvalue weighted by atomic mass is 32.2. The summed E-state index contributed by atoms with van der Waals surface area (Å²) in [5, 5.41) is 6.63. The standard InChI is InChI=1S/C22H32N4O2S/c1-23-22(24-15-7-17-26(2)18-20-8-5-4-6-9-20)25-16-14-19-10-12-21(13-11-19)29(3,27)28/h4-6,8-13H,7,14-18H2,1-3H3,(H2,23,24,25). The molecule has 0 aliphatic heterocycles. The highest BCUT2D eigenvalue weighted by Crippen LogP contribution is 2.10. The monoisotopic (exact) mass is 416 g/mol. The van der Waals surface area contributed by atoms with Crippen LogP contribution in [0.4, 0.5) is 0 Å². The highest BCUT2D eigenvalue weighted by Gasteiger charge is 2.06. The molecule has 2 aromatic rings. The molecule has 0 spiro atoms. The normalized spacial score (nSPS) is 12.2. The molecule has 158 valence electrons. The van der Waals surface area contributed by atoms with Crippen LogP contribution in [0.3, 0.4) is 0 Å². The molecule has 0 bridgehead atoms. The average molecular weight is 417 g/mol. The Bertz CT molecular complexity index is 865. The van der Waals surface area contributed by atoms with E-state index in [1.54, 1.807) is 19.2 Å². The van der Waals surface area contributed by atoms with Gasteiger partial charge in [-0.3, -0.25) is 4.99 Å². The van der Waals surface area contributed by atoms with Crippen molar-refractivity contribution in [3.8, 4) is 0 Å². The molecule has 6 nitrogen and oxygen atoms in total. The molecular formula is C22H32N4O2S. The topological polar surface area (TPSA) is 73.8 Å². The number of aliphatic imine (C=N–C) groups is 1. The molecule has 0 fully saturated rings. The fraction of sp³-hybridized carbons (Fsp3) is 0.409. The molecule has 0 heterocycles. The molecule has 29 heavy (non-hydrogen) atoms. The van der Waals surface area contributed by atoms with E-state index in [0.29, 0.717) is 4.90 Å². The Morgan fingerprint density at radius 1 is 0.966 bits per heavy atom. The molecule has 0 saturated carbocycles. The minimum atomic E-state index is -3.14. The lowest BCUT2D eigenvalue weighted by Crippen LogP contribution is -2.39. The van der Waals surface area contributed by atoms with Crippen LogP contribution in [0.15, 0.2) is 64.5 Å². The molecule has 0 amide bonds. The van der Waals surface area contributed by atoms with Crippen LogP contribution in [-0.4, -0.2) is 59.3 Å². The zero-order valence-electron chi connectivity index (χ0n) is 17.6. The number of hydrogen-bond acceptors (Lipinski definition) is 4. The summed E-state index contributed by atoms with van der Waals surface area (Å²) < 4.78 is 23.0. The van der Waals surface area contributed by atoms with E-state index in [1.807, 2.05) is 18.2 Å². The van der Waals surface area contributed by atoms with Gasteiger partial charge >= 0.3 is 0 Å². The first-order valence-corrected chi connectivity index (χ1v) is 11.7. The van der Waals surface area contributed by atoms with E-state index in [9.17, 15) is 8.42 Å². The van der Waals surface area contributed by atoms with Crippen molar-refractivity contribution in [3.05, 3.63) is 65.7 Å². The van der Waals surface area contributed by atoms with E-state index in [4.69, 9.17) is 0 Å². The SMILES string of the molecule is CN=C(NCCCN(C)Cc1ccccc1)NCCc1ccc(S(C)(=O)=O)cc1.